The minimum Gasteiger partial charge on any atom is -0.359 e. The fourth-order valence-corrected chi connectivity index (χ4v) is 4.20. The van der Waals surface area contributed by atoms with Gasteiger partial charge in [0, 0.05) is 11.6 Å². The largest absolute Gasteiger partial charge is 0.359 e. The molecule has 170 valence electrons. The molecule has 3 aromatic rings. The maximum Gasteiger partial charge on any atom is 0.329 e. The molecule has 0 saturated heterocycles. The third kappa shape index (κ3) is 4.55. The van der Waals surface area contributed by atoms with E-state index in [-0.39, 0.29) is 22.3 Å². The summed E-state index contributed by atoms with van der Waals surface area (Å²) in [5.41, 5.74) is -0.308. The van der Waals surface area contributed by atoms with Crippen LogP contribution in [0.2, 0.25) is 10.0 Å². The number of carbonyl (C=O) groups is 2. The average molecular weight is 484 g/mol. The van der Waals surface area contributed by atoms with E-state index in [0.29, 0.717) is 17.1 Å². The van der Waals surface area contributed by atoms with Gasteiger partial charge in [0.2, 0.25) is 0 Å². The van der Waals surface area contributed by atoms with E-state index in [1.54, 1.807) is 24.3 Å². The highest BCUT2D eigenvalue weighted by Gasteiger charge is 2.52. The Hall–Kier alpha value is -3.06. The van der Waals surface area contributed by atoms with E-state index in [1.165, 1.54) is 18.2 Å². The van der Waals surface area contributed by atoms with Gasteiger partial charge in [0.05, 0.1) is 21.4 Å². The predicted molar refractivity (Wildman–Crippen MR) is 131 cm³/mol. The molecule has 1 aliphatic heterocycles. The lowest BCUT2D eigenvalue weighted by Crippen LogP contribution is -2.63. The van der Waals surface area contributed by atoms with Gasteiger partial charge in [-0.2, -0.15) is 0 Å². The number of nitrogens with one attached hydrogen (secondary N) is 2. The molecule has 0 radical (unpaired) electrons. The molecular formula is C25H23Cl2N3O3. The van der Waals surface area contributed by atoms with Gasteiger partial charge in [-0.3, -0.25) is 9.69 Å². The number of anilines is 2. The Balaban J connectivity index is 1.66. The summed E-state index contributed by atoms with van der Waals surface area (Å²) in [6.07, 6.45) is 1.42. The van der Waals surface area contributed by atoms with Crippen molar-refractivity contribution in [3.05, 3.63) is 94.0 Å². The van der Waals surface area contributed by atoms with Crippen LogP contribution in [-0.2, 0) is 16.9 Å². The Morgan fingerprint density at radius 3 is 2.48 bits per heavy atom. The first-order valence-electron chi connectivity index (χ1n) is 10.5. The van der Waals surface area contributed by atoms with Crippen molar-refractivity contribution < 1.29 is 14.7 Å². The van der Waals surface area contributed by atoms with Gasteiger partial charge in [-0.1, -0.05) is 71.7 Å². The summed E-state index contributed by atoms with van der Waals surface area (Å²) in [5.74, 6) is -0.712. The zero-order chi connectivity index (χ0) is 23.6. The third-order valence-corrected chi connectivity index (χ3v) is 6.37. The number of urea groups is 1. The molecule has 8 heteroatoms. The number of fused-ring (bicyclic) bond motifs is 1. The fraction of sp³-hybridized carbons (Fsp3) is 0.200. The number of benzene rings is 3. The third-order valence-electron chi connectivity index (χ3n) is 5.64. The summed E-state index contributed by atoms with van der Waals surface area (Å²) < 4.78 is 0. The van der Waals surface area contributed by atoms with Crippen LogP contribution >= 0.6 is 23.2 Å². The average Bonchev–Trinajstić information content (AvgIpc) is 2.80. The van der Waals surface area contributed by atoms with Crippen LogP contribution in [0.15, 0.2) is 72.8 Å². The molecule has 4 rings (SSSR count). The van der Waals surface area contributed by atoms with Gasteiger partial charge >= 0.3 is 6.03 Å². The van der Waals surface area contributed by atoms with Crippen molar-refractivity contribution >= 4 is 46.5 Å². The van der Waals surface area contributed by atoms with Gasteiger partial charge in [0.15, 0.2) is 0 Å². The van der Waals surface area contributed by atoms with Crippen LogP contribution in [-0.4, -0.2) is 23.1 Å². The van der Waals surface area contributed by atoms with Crippen LogP contribution in [0.25, 0.3) is 0 Å². The first-order valence-corrected chi connectivity index (χ1v) is 11.3. The van der Waals surface area contributed by atoms with Gasteiger partial charge in [-0.15, -0.1) is 0 Å². The van der Waals surface area contributed by atoms with Crippen LogP contribution < -0.4 is 15.5 Å². The summed E-state index contributed by atoms with van der Waals surface area (Å²) in [6, 6.07) is 20.1. The molecule has 2 atom stereocenters. The molecule has 0 saturated carbocycles. The zero-order valence-corrected chi connectivity index (χ0v) is 19.4. The Morgan fingerprint density at radius 1 is 1.06 bits per heavy atom. The number of aryl methyl sites for hydroxylation is 1. The molecule has 0 fully saturated rings. The Morgan fingerprint density at radius 2 is 1.76 bits per heavy atom. The number of hydrogen-bond donors (Lipinski definition) is 3. The summed E-state index contributed by atoms with van der Waals surface area (Å²) in [7, 11) is 0. The van der Waals surface area contributed by atoms with Crippen LogP contribution in [0.1, 0.15) is 24.5 Å². The maximum atomic E-state index is 13.5. The monoisotopic (exact) mass is 483 g/mol. The molecular weight excluding hydrogens is 461 g/mol. The van der Waals surface area contributed by atoms with Crippen LogP contribution in [0.5, 0.6) is 0 Å². The number of para-hydroxylation sites is 1. The van der Waals surface area contributed by atoms with Gasteiger partial charge in [-0.25, -0.2) is 4.79 Å². The summed E-state index contributed by atoms with van der Waals surface area (Å²) >= 11 is 12.2. The molecule has 0 spiro atoms. The van der Waals surface area contributed by atoms with E-state index in [0.717, 1.165) is 16.9 Å². The van der Waals surface area contributed by atoms with Gasteiger partial charge in [0.1, 0.15) is 0 Å². The molecule has 1 heterocycles. The summed E-state index contributed by atoms with van der Waals surface area (Å²) in [5, 5.41) is 17.9. The van der Waals surface area contributed by atoms with Crippen molar-refractivity contribution in [1.29, 1.82) is 0 Å². The molecule has 0 aromatic heterocycles. The Kier molecular flexibility index (Phi) is 6.61. The van der Waals surface area contributed by atoms with Crippen molar-refractivity contribution in [3.63, 3.8) is 0 Å². The number of halogens is 2. The number of aliphatic hydroxyl groups is 1. The number of amides is 3. The topological polar surface area (TPSA) is 81.7 Å². The molecule has 0 aliphatic carbocycles. The lowest BCUT2D eigenvalue weighted by Gasteiger charge is -2.43. The van der Waals surface area contributed by atoms with Crippen molar-refractivity contribution in [1.82, 2.24) is 5.32 Å². The molecule has 0 unspecified atom stereocenters. The van der Waals surface area contributed by atoms with E-state index in [1.807, 2.05) is 37.3 Å². The summed E-state index contributed by atoms with van der Waals surface area (Å²) in [6.45, 7) is 1.86. The van der Waals surface area contributed by atoms with E-state index >= 15 is 0 Å². The molecule has 3 aromatic carbocycles. The van der Waals surface area contributed by atoms with Gasteiger partial charge in [0.25, 0.3) is 11.6 Å². The number of carbonyl (C=O) groups excluding carboxylic acids is 2. The smallest absolute Gasteiger partial charge is 0.329 e. The van der Waals surface area contributed by atoms with Crippen LogP contribution in [0.4, 0.5) is 16.2 Å². The summed E-state index contributed by atoms with van der Waals surface area (Å²) in [4.78, 5) is 27.6. The van der Waals surface area contributed by atoms with Crippen molar-refractivity contribution in [2.75, 3.05) is 10.2 Å². The lowest BCUT2D eigenvalue weighted by atomic mass is 9.94. The van der Waals surface area contributed by atoms with Crippen LogP contribution in [0, 0.1) is 0 Å². The normalized spacial score (nSPS) is 18.3. The van der Waals surface area contributed by atoms with E-state index in [2.05, 4.69) is 10.6 Å². The van der Waals surface area contributed by atoms with E-state index in [9.17, 15) is 14.7 Å². The molecule has 3 N–H and O–H groups in total. The van der Waals surface area contributed by atoms with Gasteiger partial charge < -0.3 is 15.7 Å². The standard InChI is InChI=1S/C25H23Cl2N3O3/c1-16(11-12-17-7-3-2-4-8-17)28-23(31)25(33)19-9-5-6-10-22(19)29-24(32)30(25)18-13-14-20(26)21(27)15-18/h2-10,13-16,33H,11-12H2,1H3,(H,28,31)(H,29,32)/t16-,25-/m0/s1. The maximum absolute atomic E-state index is 13.5. The minimum atomic E-state index is -2.29. The first-order chi connectivity index (χ1) is 15.8. The van der Waals surface area contributed by atoms with Crippen molar-refractivity contribution in [2.24, 2.45) is 0 Å². The van der Waals surface area contributed by atoms with Crippen molar-refractivity contribution in [2.45, 2.75) is 31.5 Å². The first kappa shape index (κ1) is 23.1. The van der Waals surface area contributed by atoms with E-state index in [4.69, 9.17) is 23.2 Å². The Bertz CT molecular complexity index is 1190. The SMILES string of the molecule is C[C@@H](CCc1ccccc1)NC(=O)[C@@]1(O)c2ccccc2NC(=O)N1c1ccc(Cl)c(Cl)c1. The molecule has 0 bridgehead atoms. The molecule has 6 nitrogen and oxygen atoms in total. The van der Waals surface area contributed by atoms with Gasteiger partial charge in [-0.05, 0) is 49.6 Å². The van der Waals surface area contributed by atoms with E-state index < -0.39 is 17.7 Å². The number of nitrogens with zero attached hydrogens (tertiary/aromatic N) is 1. The highest BCUT2D eigenvalue weighted by molar-refractivity contribution is 6.42. The second kappa shape index (κ2) is 9.43. The van der Waals surface area contributed by atoms with Crippen molar-refractivity contribution in [3.8, 4) is 0 Å². The zero-order valence-electron chi connectivity index (χ0n) is 17.9. The van der Waals surface area contributed by atoms with Crippen LogP contribution in [0.3, 0.4) is 0 Å². The highest BCUT2D eigenvalue weighted by atomic mass is 35.5. The fourth-order valence-electron chi connectivity index (χ4n) is 3.91. The second-order valence-corrected chi connectivity index (χ2v) is 8.79. The Labute approximate surface area is 202 Å². The number of rotatable bonds is 6. The quantitative estimate of drug-likeness (QED) is 0.443. The number of hydrogen-bond acceptors (Lipinski definition) is 3. The predicted octanol–water partition coefficient (Wildman–Crippen LogP) is 5.33. The minimum absolute atomic E-state index is 0.194. The molecule has 1 aliphatic rings. The second-order valence-electron chi connectivity index (χ2n) is 7.98. The lowest BCUT2D eigenvalue weighted by molar-refractivity contribution is -0.141. The highest BCUT2D eigenvalue weighted by Crippen LogP contribution is 2.41. The molecule has 3 amide bonds. The molecule has 33 heavy (non-hydrogen) atoms.